The molecule has 4 aromatic rings. The smallest absolute Gasteiger partial charge is 0.281 e. The maximum Gasteiger partial charge on any atom is 0.281 e. The van der Waals surface area contributed by atoms with Gasteiger partial charge >= 0.3 is 0 Å². The Labute approximate surface area is 262 Å². The van der Waals surface area contributed by atoms with Crippen molar-refractivity contribution in [3.63, 3.8) is 0 Å². The lowest BCUT2D eigenvalue weighted by Gasteiger charge is -2.36. The van der Waals surface area contributed by atoms with Crippen LogP contribution in [0.2, 0.25) is 5.02 Å². The van der Waals surface area contributed by atoms with Crippen molar-refractivity contribution in [1.29, 1.82) is 5.26 Å². The highest BCUT2D eigenvalue weighted by atomic mass is 35.5. The highest BCUT2D eigenvalue weighted by Crippen LogP contribution is 2.42. The zero-order chi connectivity index (χ0) is 31.0. The van der Waals surface area contributed by atoms with Gasteiger partial charge in [-0.3, -0.25) is 14.3 Å². The first-order valence-corrected chi connectivity index (χ1v) is 15.8. The van der Waals surface area contributed by atoms with E-state index in [0.29, 0.717) is 42.5 Å². The number of ether oxygens (including phenoxy) is 1. The topological polar surface area (TPSA) is 107 Å². The van der Waals surface area contributed by atoms with E-state index in [4.69, 9.17) is 16.3 Å². The largest absolute Gasteiger partial charge is 0.508 e. The number of fused-ring (bicyclic) bond motifs is 5. The summed E-state index contributed by atoms with van der Waals surface area (Å²) in [6.07, 6.45) is 4.71. The number of nitrogens with zero attached hydrogens (tertiary/aromatic N) is 5. The second kappa shape index (κ2) is 10.5. The molecule has 4 fully saturated rings. The number of nitrogens with one attached hydrogen (secondary N) is 1. The van der Waals surface area contributed by atoms with Crippen molar-refractivity contribution >= 4 is 39.0 Å². The molecule has 0 amide bonds. The maximum atomic E-state index is 14.6. The summed E-state index contributed by atoms with van der Waals surface area (Å²) < 4.78 is 36.8. The van der Waals surface area contributed by atoms with Crippen LogP contribution in [0.4, 0.5) is 14.5 Å². The van der Waals surface area contributed by atoms with Crippen LogP contribution in [0, 0.1) is 17.1 Å². The van der Waals surface area contributed by atoms with Gasteiger partial charge in [-0.25, -0.2) is 13.8 Å². The number of pyridine rings is 2. The zero-order valence-corrected chi connectivity index (χ0v) is 25.2. The number of alkyl halides is 1. The quantitative estimate of drug-likeness (QED) is 0.323. The highest BCUT2D eigenvalue weighted by molar-refractivity contribution is 6.36. The lowest BCUT2D eigenvalue weighted by molar-refractivity contribution is 0.110. The number of piperazine rings is 1. The Balaban J connectivity index is 1.32. The highest BCUT2D eigenvalue weighted by Gasteiger charge is 2.49. The van der Waals surface area contributed by atoms with Crippen LogP contribution < -0.4 is 20.5 Å². The minimum atomic E-state index is -0.943. The number of anilines is 1. The third kappa shape index (κ3) is 4.53. The van der Waals surface area contributed by atoms with Crippen LogP contribution in [-0.4, -0.2) is 76.1 Å². The number of hydrogen-bond acceptors (Lipinski definition) is 8. The molecule has 4 aliphatic heterocycles. The Bertz CT molecular complexity index is 1970. The molecule has 4 saturated heterocycles. The number of rotatable bonds is 5. The Morgan fingerprint density at radius 3 is 2.78 bits per heavy atom. The molecule has 2 N–H and O–H groups in total. The Hall–Kier alpha value is -3.98. The normalized spacial score (nSPS) is 26.1. The number of nitriles is 1. The molecule has 2 bridgehead atoms. The summed E-state index contributed by atoms with van der Waals surface area (Å²) in [7, 11) is 0. The van der Waals surface area contributed by atoms with Gasteiger partial charge in [0, 0.05) is 61.2 Å². The Kier molecular flexibility index (Phi) is 6.68. The molecule has 0 aliphatic carbocycles. The lowest BCUT2D eigenvalue weighted by Crippen LogP contribution is -2.51. The summed E-state index contributed by atoms with van der Waals surface area (Å²) in [5, 5.41) is 25.7. The van der Waals surface area contributed by atoms with Gasteiger partial charge in [-0.1, -0.05) is 17.7 Å². The molecule has 45 heavy (non-hydrogen) atoms. The van der Waals surface area contributed by atoms with E-state index in [-0.39, 0.29) is 57.5 Å². The van der Waals surface area contributed by atoms with E-state index in [1.807, 2.05) is 0 Å². The average molecular weight is 633 g/mol. The van der Waals surface area contributed by atoms with Crippen molar-refractivity contribution < 1.29 is 18.6 Å². The predicted molar refractivity (Wildman–Crippen MR) is 167 cm³/mol. The van der Waals surface area contributed by atoms with Gasteiger partial charge in [-0.05, 0) is 55.8 Å². The Morgan fingerprint density at radius 1 is 1.20 bits per heavy atom. The van der Waals surface area contributed by atoms with Crippen LogP contribution in [0.3, 0.4) is 0 Å². The summed E-state index contributed by atoms with van der Waals surface area (Å²) in [6, 6.07) is 10.1. The van der Waals surface area contributed by atoms with Gasteiger partial charge in [-0.15, -0.1) is 0 Å². The van der Waals surface area contributed by atoms with Crippen molar-refractivity contribution in [2.75, 3.05) is 37.7 Å². The fourth-order valence-corrected chi connectivity index (χ4v) is 8.39. The molecular weight excluding hydrogens is 602 g/mol. The second-order valence-electron chi connectivity index (χ2n) is 12.8. The van der Waals surface area contributed by atoms with Crippen LogP contribution in [0.1, 0.15) is 37.7 Å². The SMILES string of the molecule is N#Cc1c(OC[C@@]23CCCN2C[C@H](F)C3)nc2c(=O)n(-c3cc(O)cc4ccc(F)c(Cl)c34)ccc2c1N1CC2CCC(C1)N2. The fraction of sp³-hybridized carbons (Fsp3) is 0.424. The van der Waals surface area contributed by atoms with Gasteiger partial charge in [0.1, 0.15) is 41.5 Å². The van der Waals surface area contributed by atoms with Gasteiger partial charge in [0.25, 0.3) is 5.56 Å². The first-order chi connectivity index (χ1) is 21.7. The van der Waals surface area contributed by atoms with E-state index in [2.05, 4.69) is 26.2 Å². The molecule has 2 aromatic heterocycles. The summed E-state index contributed by atoms with van der Waals surface area (Å²) in [4.78, 5) is 23.3. The number of halogens is 3. The van der Waals surface area contributed by atoms with Crippen LogP contribution in [-0.2, 0) is 0 Å². The predicted octanol–water partition coefficient (Wildman–Crippen LogP) is 4.80. The van der Waals surface area contributed by atoms with Crippen molar-refractivity contribution in [3.8, 4) is 23.4 Å². The van der Waals surface area contributed by atoms with Crippen LogP contribution in [0.5, 0.6) is 11.6 Å². The molecule has 8 rings (SSSR count). The first-order valence-electron chi connectivity index (χ1n) is 15.4. The molecule has 4 atom stereocenters. The molecule has 9 nitrogen and oxygen atoms in total. The van der Waals surface area contributed by atoms with Gasteiger partial charge in [-0.2, -0.15) is 5.26 Å². The number of aromatic nitrogens is 2. The van der Waals surface area contributed by atoms with Gasteiger partial charge in [0.15, 0.2) is 0 Å². The second-order valence-corrected chi connectivity index (χ2v) is 13.2. The van der Waals surface area contributed by atoms with Crippen molar-refractivity contribution in [2.24, 2.45) is 0 Å². The molecular formula is C33H31ClF2N6O3. The van der Waals surface area contributed by atoms with E-state index in [1.165, 1.54) is 28.8 Å². The number of phenols is 1. The summed E-state index contributed by atoms with van der Waals surface area (Å²) in [5.41, 5.74) is 0.0584. The zero-order valence-electron chi connectivity index (χ0n) is 24.4. The molecule has 2 aromatic carbocycles. The van der Waals surface area contributed by atoms with E-state index < -0.39 is 23.1 Å². The third-order valence-electron chi connectivity index (χ3n) is 10.1. The lowest BCUT2D eigenvalue weighted by atomic mass is 9.95. The molecule has 4 aliphatic rings. The minimum Gasteiger partial charge on any atom is -0.508 e. The molecule has 232 valence electrons. The standard InChI is InChI=1S/C33H31ClF2N6O3/c34-28-25(36)5-2-18-10-22(43)11-26(27(18)28)42-9-6-23-29(32(42)44)39-31(45-17-33-7-1-8-41(33)14-19(35)12-33)24(13-37)30(23)40-15-20-3-4-21(16-40)38-20/h2,5-6,9-11,19-21,38,43H,1,3-4,7-8,12,14-17H2/t19-,20?,21?,33+/m1/s1. The third-order valence-corrected chi connectivity index (χ3v) is 10.5. The summed E-state index contributed by atoms with van der Waals surface area (Å²) in [5.74, 6) is -0.742. The molecule has 6 heterocycles. The van der Waals surface area contributed by atoms with E-state index >= 15 is 0 Å². The average Bonchev–Trinajstić information content (AvgIpc) is 3.67. The van der Waals surface area contributed by atoms with Crippen molar-refractivity contribution in [2.45, 2.75) is 55.9 Å². The van der Waals surface area contributed by atoms with E-state index in [0.717, 1.165) is 32.2 Å². The molecule has 0 saturated carbocycles. The number of aromatic hydroxyl groups is 1. The Morgan fingerprint density at radius 2 is 2.00 bits per heavy atom. The fourth-order valence-electron chi connectivity index (χ4n) is 8.12. The monoisotopic (exact) mass is 632 g/mol. The van der Waals surface area contributed by atoms with Crippen LogP contribution in [0.25, 0.3) is 27.4 Å². The molecule has 0 spiro atoms. The van der Waals surface area contributed by atoms with Gasteiger partial charge < -0.3 is 20.1 Å². The van der Waals surface area contributed by atoms with Gasteiger partial charge in [0.2, 0.25) is 5.88 Å². The summed E-state index contributed by atoms with van der Waals surface area (Å²) in [6.45, 7) is 2.61. The van der Waals surface area contributed by atoms with Crippen molar-refractivity contribution in [3.05, 3.63) is 63.3 Å². The molecule has 0 radical (unpaired) electrons. The van der Waals surface area contributed by atoms with E-state index in [9.17, 15) is 23.9 Å². The number of hydrogen-bond donors (Lipinski definition) is 2. The van der Waals surface area contributed by atoms with E-state index in [1.54, 1.807) is 12.3 Å². The summed E-state index contributed by atoms with van der Waals surface area (Å²) >= 11 is 6.40. The number of benzene rings is 2. The minimum absolute atomic E-state index is 0.0362. The first kappa shape index (κ1) is 28.5. The maximum absolute atomic E-state index is 14.6. The van der Waals surface area contributed by atoms with Crippen LogP contribution >= 0.6 is 11.6 Å². The number of phenolic OH excluding ortho intramolecular Hbond substituents is 1. The van der Waals surface area contributed by atoms with Crippen molar-refractivity contribution in [1.82, 2.24) is 19.8 Å². The van der Waals surface area contributed by atoms with Gasteiger partial charge in [0.05, 0.1) is 21.9 Å². The molecule has 2 unspecified atom stereocenters. The molecule has 12 heteroatoms. The van der Waals surface area contributed by atoms with Crippen LogP contribution in [0.15, 0.2) is 41.3 Å².